The van der Waals surface area contributed by atoms with Gasteiger partial charge in [0.25, 0.3) is 0 Å². The Balaban J connectivity index is 0.00000289. The predicted octanol–water partition coefficient (Wildman–Crippen LogP) is 2.35. The fraction of sp³-hybridized carbons (Fsp3) is 0.478. The van der Waals surface area contributed by atoms with Gasteiger partial charge in [-0.05, 0) is 30.3 Å². The number of fused-ring (bicyclic) bond motifs is 1. The molecule has 1 unspecified atom stereocenters. The topological polar surface area (TPSA) is 74.2 Å². The smallest absolute Gasteiger partial charge is 0.191 e. The summed E-state index contributed by atoms with van der Waals surface area (Å²) in [5, 5.41) is 6.65. The number of piperazine rings is 1. The van der Waals surface area contributed by atoms with E-state index in [0.717, 1.165) is 61.6 Å². The molecular weight excluding hydrogens is 519 g/mol. The molecule has 0 aliphatic carbocycles. The summed E-state index contributed by atoms with van der Waals surface area (Å²) in [4.78, 5) is 13.8. The average molecular weight is 552 g/mol. The van der Waals surface area contributed by atoms with E-state index in [1.807, 2.05) is 30.5 Å². The van der Waals surface area contributed by atoms with Crippen molar-refractivity contribution in [3.05, 3.63) is 48.2 Å². The normalized spacial score (nSPS) is 18.6. The lowest BCUT2D eigenvalue weighted by Crippen LogP contribution is -2.46. The summed E-state index contributed by atoms with van der Waals surface area (Å²) in [5.74, 6) is 3.36. The molecule has 0 amide bonds. The van der Waals surface area contributed by atoms with Crippen LogP contribution in [0.4, 0.5) is 5.82 Å². The van der Waals surface area contributed by atoms with Crippen LogP contribution in [0.3, 0.4) is 0 Å². The Labute approximate surface area is 207 Å². The van der Waals surface area contributed by atoms with E-state index in [1.165, 1.54) is 0 Å². The third kappa shape index (κ3) is 6.38. The Bertz CT molecular complexity index is 871. The second-order valence-electron chi connectivity index (χ2n) is 7.75. The van der Waals surface area contributed by atoms with E-state index in [2.05, 4.69) is 49.5 Å². The third-order valence-electron chi connectivity index (χ3n) is 5.70. The molecule has 0 radical (unpaired) electrons. The molecule has 4 rings (SSSR count). The number of benzene rings is 1. The van der Waals surface area contributed by atoms with E-state index >= 15 is 0 Å². The molecule has 2 aliphatic heterocycles. The summed E-state index contributed by atoms with van der Waals surface area (Å²) >= 11 is 0. The number of ether oxygens (including phenoxy) is 2. The van der Waals surface area contributed by atoms with Crippen LogP contribution in [-0.2, 0) is 6.54 Å². The first kappa shape index (κ1) is 24.4. The Hall–Kier alpha value is -2.27. The lowest BCUT2D eigenvalue weighted by molar-refractivity contribution is 0.0936. The van der Waals surface area contributed by atoms with E-state index in [-0.39, 0.29) is 30.1 Å². The van der Waals surface area contributed by atoms with Gasteiger partial charge in [0.15, 0.2) is 17.5 Å². The zero-order valence-electron chi connectivity index (χ0n) is 18.8. The Kier molecular flexibility index (Phi) is 9.22. The van der Waals surface area contributed by atoms with E-state index in [0.29, 0.717) is 19.7 Å². The number of hydrogen-bond acceptors (Lipinski definition) is 6. The maximum Gasteiger partial charge on any atom is 0.191 e. The van der Waals surface area contributed by atoms with Gasteiger partial charge in [-0.15, -0.1) is 24.0 Å². The van der Waals surface area contributed by atoms with Gasteiger partial charge in [0, 0.05) is 46.0 Å². The van der Waals surface area contributed by atoms with Crippen molar-refractivity contribution < 1.29 is 9.47 Å². The molecule has 1 atom stereocenters. The highest BCUT2D eigenvalue weighted by Crippen LogP contribution is 2.30. The molecule has 2 aromatic rings. The van der Waals surface area contributed by atoms with Crippen LogP contribution in [0.2, 0.25) is 0 Å². The summed E-state index contributed by atoms with van der Waals surface area (Å²) in [6, 6.07) is 12.0. The van der Waals surface area contributed by atoms with E-state index < -0.39 is 0 Å². The molecule has 2 aliphatic rings. The fourth-order valence-electron chi connectivity index (χ4n) is 3.78. The summed E-state index contributed by atoms with van der Waals surface area (Å²) in [6.07, 6.45) is 1.87. The number of hydrogen-bond donors (Lipinski definition) is 2. The monoisotopic (exact) mass is 552 g/mol. The molecule has 174 valence electrons. The van der Waals surface area contributed by atoms with Crippen LogP contribution in [0.15, 0.2) is 47.6 Å². The number of aromatic nitrogens is 1. The zero-order valence-corrected chi connectivity index (χ0v) is 21.1. The van der Waals surface area contributed by atoms with Crippen molar-refractivity contribution >= 4 is 35.8 Å². The second kappa shape index (κ2) is 12.1. The molecule has 0 saturated carbocycles. The Morgan fingerprint density at radius 1 is 1.09 bits per heavy atom. The molecule has 8 nitrogen and oxygen atoms in total. The Morgan fingerprint density at radius 2 is 1.88 bits per heavy atom. The largest absolute Gasteiger partial charge is 0.486 e. The molecular formula is C23H33IN6O2. The first-order chi connectivity index (χ1) is 15.2. The number of nitrogens with one attached hydrogen (secondary N) is 2. The van der Waals surface area contributed by atoms with Crippen LogP contribution >= 0.6 is 24.0 Å². The fourth-order valence-corrected chi connectivity index (χ4v) is 3.78. The number of para-hydroxylation sites is 2. The van der Waals surface area contributed by atoms with Crippen molar-refractivity contribution in [2.24, 2.45) is 4.99 Å². The number of likely N-dealkylation sites (N-methyl/N-ethyl adjacent to an activating group) is 1. The third-order valence-corrected chi connectivity index (χ3v) is 5.70. The number of guanidine groups is 1. The van der Waals surface area contributed by atoms with Gasteiger partial charge in [-0.2, -0.15) is 0 Å². The Morgan fingerprint density at radius 3 is 2.56 bits per heavy atom. The number of pyridine rings is 1. The van der Waals surface area contributed by atoms with Crippen LogP contribution in [0.25, 0.3) is 0 Å². The lowest BCUT2D eigenvalue weighted by atomic mass is 10.2. The van der Waals surface area contributed by atoms with Gasteiger partial charge in [-0.25, -0.2) is 4.98 Å². The summed E-state index contributed by atoms with van der Waals surface area (Å²) in [6.45, 7) is 9.38. The minimum Gasteiger partial charge on any atom is -0.486 e. The van der Waals surface area contributed by atoms with Crippen LogP contribution in [0, 0.1) is 0 Å². The first-order valence-corrected chi connectivity index (χ1v) is 11.0. The van der Waals surface area contributed by atoms with Crippen LogP contribution in [-0.4, -0.2) is 74.9 Å². The molecule has 9 heteroatoms. The van der Waals surface area contributed by atoms with Crippen LogP contribution < -0.4 is 25.0 Å². The van der Waals surface area contributed by atoms with Crippen molar-refractivity contribution in [1.82, 2.24) is 20.5 Å². The van der Waals surface area contributed by atoms with E-state index in [9.17, 15) is 0 Å². The lowest BCUT2D eigenvalue weighted by Gasteiger charge is -2.34. The zero-order chi connectivity index (χ0) is 21.5. The maximum atomic E-state index is 5.99. The SMILES string of the molecule is CCN1CCN(c2ccc(CNC(=NC)NCC3COc4ccccc4O3)cn2)CC1.I. The number of nitrogens with zero attached hydrogens (tertiary/aromatic N) is 4. The maximum absolute atomic E-state index is 5.99. The molecule has 3 heterocycles. The van der Waals surface area contributed by atoms with Gasteiger partial charge in [-0.1, -0.05) is 25.1 Å². The molecule has 1 fully saturated rings. The van der Waals surface area contributed by atoms with Crippen LogP contribution in [0.5, 0.6) is 11.5 Å². The minimum absolute atomic E-state index is 0. The standard InChI is InChI=1S/C23H32N6O2.HI/c1-3-28-10-12-29(13-11-28)22-9-8-18(14-25-22)15-26-23(24-2)27-16-19-17-30-20-6-4-5-7-21(20)31-19;/h4-9,14,19H,3,10-13,15-17H2,1-2H3,(H2,24,26,27);1H. The average Bonchev–Trinajstić information content (AvgIpc) is 2.84. The van der Waals surface area contributed by atoms with Crippen LogP contribution in [0.1, 0.15) is 12.5 Å². The van der Waals surface area contributed by atoms with Crippen molar-refractivity contribution in [1.29, 1.82) is 0 Å². The van der Waals surface area contributed by atoms with E-state index in [4.69, 9.17) is 9.47 Å². The van der Waals surface area contributed by atoms with Gasteiger partial charge < -0.3 is 29.9 Å². The molecule has 2 N–H and O–H groups in total. The highest BCUT2D eigenvalue weighted by Gasteiger charge is 2.20. The van der Waals surface area contributed by atoms with Crippen molar-refractivity contribution in [3.8, 4) is 11.5 Å². The van der Waals surface area contributed by atoms with Gasteiger partial charge >= 0.3 is 0 Å². The molecule has 32 heavy (non-hydrogen) atoms. The molecule has 0 bridgehead atoms. The first-order valence-electron chi connectivity index (χ1n) is 11.0. The van der Waals surface area contributed by atoms with Crippen molar-refractivity contribution in [2.75, 3.05) is 57.8 Å². The number of aliphatic imine (C=N–C) groups is 1. The van der Waals surface area contributed by atoms with Gasteiger partial charge in [0.2, 0.25) is 0 Å². The molecule has 1 aromatic heterocycles. The molecule has 1 aromatic carbocycles. The quantitative estimate of drug-likeness (QED) is 0.324. The second-order valence-corrected chi connectivity index (χ2v) is 7.75. The van der Waals surface area contributed by atoms with Gasteiger partial charge in [0.05, 0.1) is 6.54 Å². The molecule has 0 spiro atoms. The predicted molar refractivity (Wildman–Crippen MR) is 139 cm³/mol. The highest BCUT2D eigenvalue weighted by atomic mass is 127. The van der Waals surface area contributed by atoms with Crippen molar-refractivity contribution in [2.45, 2.75) is 19.6 Å². The summed E-state index contributed by atoms with van der Waals surface area (Å²) in [7, 11) is 1.76. The minimum atomic E-state index is -0.0671. The van der Waals surface area contributed by atoms with Gasteiger partial charge in [-0.3, -0.25) is 4.99 Å². The number of anilines is 1. The summed E-state index contributed by atoms with van der Waals surface area (Å²) < 4.78 is 11.8. The summed E-state index contributed by atoms with van der Waals surface area (Å²) in [5.41, 5.74) is 1.12. The number of rotatable bonds is 6. The molecule has 1 saturated heterocycles. The number of halogens is 1. The van der Waals surface area contributed by atoms with Crippen molar-refractivity contribution in [3.63, 3.8) is 0 Å². The highest BCUT2D eigenvalue weighted by molar-refractivity contribution is 14.0. The van der Waals surface area contributed by atoms with E-state index in [1.54, 1.807) is 7.05 Å². The van der Waals surface area contributed by atoms with Gasteiger partial charge in [0.1, 0.15) is 18.5 Å².